The Kier molecular flexibility index (Phi) is 6.96. The molecular weight excluding hydrogens is 278 g/mol. The second-order valence-corrected chi connectivity index (χ2v) is 4.29. The third kappa shape index (κ3) is 6.57. The van der Waals surface area contributed by atoms with Crippen molar-refractivity contribution in [2.24, 2.45) is 0 Å². The number of anilines is 1. The summed E-state index contributed by atoms with van der Waals surface area (Å²) in [5, 5.41) is 2.57. The number of carbonyl (C=O) groups is 2. The van der Waals surface area contributed by atoms with Crippen molar-refractivity contribution >= 4 is 17.6 Å². The molecule has 3 N–H and O–H groups in total. The molecule has 21 heavy (non-hydrogen) atoms. The molecule has 8 heteroatoms. The second-order valence-electron chi connectivity index (χ2n) is 4.29. The van der Waals surface area contributed by atoms with Gasteiger partial charge in [-0.25, -0.2) is 0 Å². The van der Waals surface area contributed by atoms with E-state index in [1.54, 1.807) is 7.11 Å². The van der Waals surface area contributed by atoms with E-state index < -0.39 is 11.9 Å². The zero-order valence-electron chi connectivity index (χ0n) is 11.8. The van der Waals surface area contributed by atoms with Gasteiger partial charge in [0.2, 0.25) is 0 Å². The summed E-state index contributed by atoms with van der Waals surface area (Å²) >= 11 is 0. The van der Waals surface area contributed by atoms with Gasteiger partial charge in [0.05, 0.1) is 0 Å². The van der Waals surface area contributed by atoms with Crippen LogP contribution in [0.1, 0.15) is 6.42 Å². The molecule has 0 bridgehead atoms. The minimum atomic E-state index is -0.685. The van der Waals surface area contributed by atoms with Crippen molar-refractivity contribution in [2.45, 2.75) is 13.0 Å². The quantitative estimate of drug-likeness (QED) is 0.476. The maximum atomic E-state index is 11.5. The van der Waals surface area contributed by atoms with E-state index in [0.717, 1.165) is 4.57 Å². The van der Waals surface area contributed by atoms with Crippen molar-refractivity contribution in [1.29, 1.82) is 0 Å². The highest BCUT2D eigenvalue weighted by Gasteiger charge is 2.09. The molecule has 0 unspecified atom stereocenters. The maximum absolute atomic E-state index is 11.5. The minimum Gasteiger partial charge on any atom is -0.454 e. The number of amides is 1. The summed E-state index contributed by atoms with van der Waals surface area (Å²) in [6.07, 6.45) is 2.02. The predicted molar refractivity (Wildman–Crippen MR) is 75.6 cm³/mol. The van der Waals surface area contributed by atoms with Crippen molar-refractivity contribution in [3.8, 4) is 0 Å². The van der Waals surface area contributed by atoms with Gasteiger partial charge in [0.1, 0.15) is 6.54 Å². The lowest BCUT2D eigenvalue weighted by atomic mass is 10.4. The summed E-state index contributed by atoms with van der Waals surface area (Å²) in [7, 11) is 1.57. The summed E-state index contributed by atoms with van der Waals surface area (Å²) in [6.45, 7) is 0.307. The molecule has 0 aliphatic heterocycles. The SMILES string of the molecule is COCCCNC(=O)COC(=O)Cn1cc(N)ccc1=O. The predicted octanol–water partition coefficient (Wildman–Crippen LogP) is -0.874. The fourth-order valence-corrected chi connectivity index (χ4v) is 1.50. The first-order valence-corrected chi connectivity index (χ1v) is 6.40. The Morgan fingerprint density at radius 1 is 1.38 bits per heavy atom. The molecule has 0 radical (unpaired) electrons. The number of nitrogens with two attached hydrogens (primary N) is 1. The number of rotatable bonds is 8. The van der Waals surface area contributed by atoms with Crippen molar-refractivity contribution in [1.82, 2.24) is 9.88 Å². The lowest BCUT2D eigenvalue weighted by Crippen LogP contribution is -2.31. The molecule has 1 aromatic rings. The number of carbonyl (C=O) groups excluding carboxylic acids is 2. The first-order chi connectivity index (χ1) is 10.0. The van der Waals surface area contributed by atoms with Crippen molar-refractivity contribution in [3.05, 3.63) is 28.7 Å². The van der Waals surface area contributed by atoms with E-state index in [2.05, 4.69) is 5.32 Å². The number of hydrogen-bond donors (Lipinski definition) is 2. The normalized spacial score (nSPS) is 10.1. The number of pyridine rings is 1. The number of aromatic nitrogens is 1. The van der Waals surface area contributed by atoms with Crippen LogP contribution in [0.3, 0.4) is 0 Å². The number of nitrogens with zero attached hydrogens (tertiary/aromatic N) is 1. The average molecular weight is 297 g/mol. The fourth-order valence-electron chi connectivity index (χ4n) is 1.50. The number of nitrogen functional groups attached to an aromatic ring is 1. The van der Waals surface area contributed by atoms with E-state index in [1.165, 1.54) is 18.3 Å². The van der Waals surface area contributed by atoms with E-state index >= 15 is 0 Å². The van der Waals surface area contributed by atoms with E-state index in [-0.39, 0.29) is 18.7 Å². The molecule has 1 heterocycles. The largest absolute Gasteiger partial charge is 0.454 e. The number of hydrogen-bond acceptors (Lipinski definition) is 6. The molecule has 0 saturated heterocycles. The molecule has 0 spiro atoms. The highest BCUT2D eigenvalue weighted by Crippen LogP contribution is 1.96. The van der Waals surface area contributed by atoms with Crippen molar-refractivity contribution < 1.29 is 19.1 Å². The van der Waals surface area contributed by atoms with E-state index in [4.69, 9.17) is 15.2 Å². The van der Waals surface area contributed by atoms with Crippen LogP contribution in [0.25, 0.3) is 0 Å². The minimum absolute atomic E-state index is 0.291. The van der Waals surface area contributed by atoms with E-state index in [9.17, 15) is 14.4 Å². The molecule has 0 aliphatic rings. The number of methoxy groups -OCH3 is 1. The van der Waals surface area contributed by atoms with Gasteiger partial charge in [-0.05, 0) is 12.5 Å². The lowest BCUT2D eigenvalue weighted by Gasteiger charge is -2.08. The summed E-state index contributed by atoms with van der Waals surface area (Å²) in [6, 6.07) is 2.70. The zero-order valence-corrected chi connectivity index (χ0v) is 11.8. The van der Waals surface area contributed by atoms with Gasteiger partial charge in [-0.2, -0.15) is 0 Å². The molecule has 0 saturated carbocycles. The number of nitrogens with one attached hydrogen (secondary N) is 1. The molecule has 1 amide bonds. The zero-order chi connectivity index (χ0) is 15.7. The molecule has 0 aromatic carbocycles. The average Bonchev–Trinajstić information content (AvgIpc) is 2.45. The molecule has 1 aromatic heterocycles. The lowest BCUT2D eigenvalue weighted by molar-refractivity contribution is -0.149. The molecule has 116 valence electrons. The highest BCUT2D eigenvalue weighted by molar-refractivity contribution is 5.80. The van der Waals surface area contributed by atoms with Crippen LogP contribution in [0.4, 0.5) is 5.69 Å². The molecule has 8 nitrogen and oxygen atoms in total. The van der Waals surface area contributed by atoms with Crippen LogP contribution >= 0.6 is 0 Å². The first kappa shape index (κ1) is 16.7. The summed E-state index contributed by atoms with van der Waals surface area (Å²) in [5.41, 5.74) is 5.51. The maximum Gasteiger partial charge on any atom is 0.326 e. The van der Waals surface area contributed by atoms with Crippen LogP contribution in [0.5, 0.6) is 0 Å². The van der Waals surface area contributed by atoms with Gasteiger partial charge in [-0.3, -0.25) is 14.4 Å². The Hall–Kier alpha value is -2.35. The molecule has 0 atom stereocenters. The van der Waals surface area contributed by atoms with Gasteiger partial charge in [-0.15, -0.1) is 0 Å². The van der Waals surface area contributed by atoms with Crippen LogP contribution in [-0.2, 0) is 25.6 Å². The van der Waals surface area contributed by atoms with Gasteiger partial charge >= 0.3 is 5.97 Å². The second kappa shape index (κ2) is 8.75. The van der Waals surface area contributed by atoms with Gasteiger partial charge < -0.3 is 25.1 Å². The fraction of sp³-hybridized carbons (Fsp3) is 0.462. The first-order valence-electron chi connectivity index (χ1n) is 6.40. The number of ether oxygens (including phenoxy) is 2. The van der Waals surface area contributed by atoms with Crippen LogP contribution in [0, 0.1) is 0 Å². The number of esters is 1. The van der Waals surface area contributed by atoms with Crippen LogP contribution in [0.2, 0.25) is 0 Å². The Morgan fingerprint density at radius 2 is 2.14 bits per heavy atom. The Morgan fingerprint density at radius 3 is 2.86 bits per heavy atom. The topological polar surface area (TPSA) is 113 Å². The smallest absolute Gasteiger partial charge is 0.326 e. The Labute approximate surface area is 121 Å². The summed E-state index contributed by atoms with van der Waals surface area (Å²) < 4.78 is 10.7. The Bertz CT molecular complexity index is 541. The van der Waals surface area contributed by atoms with Gasteiger partial charge in [0, 0.05) is 38.2 Å². The van der Waals surface area contributed by atoms with Crippen molar-refractivity contribution in [3.63, 3.8) is 0 Å². The molecular formula is C13H19N3O5. The summed E-state index contributed by atoms with van der Waals surface area (Å²) in [5.74, 6) is -1.09. The monoisotopic (exact) mass is 297 g/mol. The van der Waals surface area contributed by atoms with Crippen LogP contribution in [-0.4, -0.2) is 43.3 Å². The highest BCUT2D eigenvalue weighted by atomic mass is 16.5. The molecule has 1 rings (SSSR count). The molecule has 0 aliphatic carbocycles. The van der Waals surface area contributed by atoms with Gasteiger partial charge in [0.25, 0.3) is 11.5 Å². The van der Waals surface area contributed by atoms with Gasteiger partial charge in [0.15, 0.2) is 6.61 Å². The van der Waals surface area contributed by atoms with Crippen LogP contribution < -0.4 is 16.6 Å². The third-order valence-corrected chi connectivity index (χ3v) is 2.52. The van der Waals surface area contributed by atoms with Crippen molar-refractivity contribution in [2.75, 3.05) is 32.6 Å². The summed E-state index contributed by atoms with van der Waals surface area (Å²) in [4.78, 5) is 34.4. The Balaban J connectivity index is 2.32. The van der Waals surface area contributed by atoms with Crippen LogP contribution in [0.15, 0.2) is 23.1 Å². The third-order valence-electron chi connectivity index (χ3n) is 2.52. The molecule has 0 fully saturated rings. The van der Waals surface area contributed by atoms with E-state index in [1.807, 2.05) is 0 Å². The van der Waals surface area contributed by atoms with E-state index in [0.29, 0.717) is 25.3 Å². The standard InChI is InChI=1S/C13H19N3O5/c1-20-6-2-5-15-11(17)9-21-13(19)8-16-7-10(14)3-4-12(16)18/h3-4,7H,2,5-6,8-9,14H2,1H3,(H,15,17). The van der Waals surface area contributed by atoms with Gasteiger partial charge in [-0.1, -0.05) is 0 Å².